The molecular formula is C15H16BrNO. The molecule has 18 heavy (non-hydrogen) atoms. The maximum atomic E-state index is 5.79. The third-order valence-electron chi connectivity index (χ3n) is 2.67. The highest BCUT2D eigenvalue weighted by Gasteiger charge is 2.04. The zero-order valence-electron chi connectivity index (χ0n) is 10.4. The van der Waals surface area contributed by atoms with Crippen LogP contribution >= 0.6 is 15.9 Å². The molecule has 0 spiro atoms. The Kier molecular flexibility index (Phi) is 4.76. The molecule has 0 unspecified atom stereocenters. The van der Waals surface area contributed by atoms with Crippen molar-refractivity contribution in [3.63, 3.8) is 0 Å². The fourth-order valence-corrected chi connectivity index (χ4v) is 2.17. The lowest BCUT2D eigenvalue weighted by molar-refractivity contribution is 0.458. The van der Waals surface area contributed by atoms with Crippen LogP contribution in [-0.4, -0.2) is 4.98 Å². The van der Waals surface area contributed by atoms with Crippen LogP contribution in [0, 0.1) is 0 Å². The first kappa shape index (κ1) is 13.1. The summed E-state index contributed by atoms with van der Waals surface area (Å²) < 4.78 is 5.79. The Bertz CT molecular complexity index is 496. The lowest BCUT2D eigenvalue weighted by atomic mass is 10.1. The van der Waals surface area contributed by atoms with Gasteiger partial charge in [0, 0.05) is 17.1 Å². The van der Waals surface area contributed by atoms with Gasteiger partial charge in [0.25, 0.3) is 0 Å². The lowest BCUT2D eigenvalue weighted by Gasteiger charge is -2.08. The topological polar surface area (TPSA) is 22.1 Å². The molecule has 0 radical (unpaired) electrons. The maximum Gasteiger partial charge on any atom is 0.223 e. The monoisotopic (exact) mass is 305 g/mol. The summed E-state index contributed by atoms with van der Waals surface area (Å²) in [5, 5.41) is 0.740. The van der Waals surface area contributed by atoms with Crippen molar-refractivity contribution in [2.75, 3.05) is 0 Å². The molecule has 2 aromatic rings. The van der Waals surface area contributed by atoms with Crippen LogP contribution in [0.5, 0.6) is 11.6 Å². The van der Waals surface area contributed by atoms with E-state index < -0.39 is 0 Å². The fourth-order valence-electron chi connectivity index (χ4n) is 1.74. The molecule has 0 bridgehead atoms. The number of ether oxygens (including phenoxy) is 1. The van der Waals surface area contributed by atoms with Gasteiger partial charge in [-0.1, -0.05) is 47.5 Å². The number of halogens is 1. The Morgan fingerprint density at radius 1 is 1.17 bits per heavy atom. The molecule has 0 aliphatic heterocycles. The largest absolute Gasteiger partial charge is 0.439 e. The molecule has 2 nitrogen and oxygen atoms in total. The van der Waals surface area contributed by atoms with Crippen LogP contribution in [0.15, 0.2) is 42.6 Å². The summed E-state index contributed by atoms with van der Waals surface area (Å²) in [7, 11) is 0. The van der Waals surface area contributed by atoms with E-state index in [0.29, 0.717) is 5.88 Å². The summed E-state index contributed by atoms with van der Waals surface area (Å²) >= 11 is 3.43. The molecule has 0 aliphatic rings. The first-order valence-corrected chi connectivity index (χ1v) is 7.22. The van der Waals surface area contributed by atoms with E-state index in [1.807, 2.05) is 24.3 Å². The standard InChI is InChI=1S/C15H16BrNO/c1-2-4-12-6-8-14(9-7-12)18-15-13(11-16)5-3-10-17-15/h3,5-10H,2,4,11H2,1H3. The second-order valence-corrected chi connectivity index (χ2v) is 4.66. The molecule has 0 saturated heterocycles. The summed E-state index contributed by atoms with van der Waals surface area (Å²) in [6.45, 7) is 2.18. The third-order valence-corrected chi connectivity index (χ3v) is 3.27. The number of aromatic nitrogens is 1. The number of pyridine rings is 1. The van der Waals surface area contributed by atoms with E-state index in [9.17, 15) is 0 Å². The molecule has 3 heteroatoms. The molecule has 94 valence electrons. The number of aryl methyl sites for hydroxylation is 1. The molecule has 0 amide bonds. The van der Waals surface area contributed by atoms with Crippen LogP contribution in [0.3, 0.4) is 0 Å². The van der Waals surface area contributed by atoms with Crippen molar-refractivity contribution in [2.24, 2.45) is 0 Å². The average molecular weight is 306 g/mol. The normalized spacial score (nSPS) is 10.3. The minimum Gasteiger partial charge on any atom is -0.439 e. The van der Waals surface area contributed by atoms with Crippen LogP contribution < -0.4 is 4.74 Å². The second kappa shape index (κ2) is 6.55. The molecule has 1 aromatic carbocycles. The summed E-state index contributed by atoms with van der Waals surface area (Å²) in [5.74, 6) is 1.49. The highest BCUT2D eigenvalue weighted by atomic mass is 79.9. The maximum absolute atomic E-state index is 5.79. The first-order chi connectivity index (χ1) is 8.83. The smallest absolute Gasteiger partial charge is 0.223 e. The van der Waals surface area contributed by atoms with Gasteiger partial charge in [-0.05, 0) is 30.2 Å². The van der Waals surface area contributed by atoms with Gasteiger partial charge in [0.15, 0.2) is 0 Å². The van der Waals surface area contributed by atoms with Crippen molar-refractivity contribution in [2.45, 2.75) is 25.1 Å². The van der Waals surface area contributed by atoms with Crippen LogP contribution in [-0.2, 0) is 11.8 Å². The first-order valence-electron chi connectivity index (χ1n) is 6.10. The second-order valence-electron chi connectivity index (χ2n) is 4.10. The van der Waals surface area contributed by atoms with Crippen LogP contribution in [0.4, 0.5) is 0 Å². The predicted molar refractivity (Wildman–Crippen MR) is 77.4 cm³/mol. The molecule has 2 rings (SSSR count). The number of nitrogens with zero attached hydrogens (tertiary/aromatic N) is 1. The minimum atomic E-state index is 0.664. The number of benzene rings is 1. The Labute approximate surface area is 116 Å². The number of hydrogen-bond donors (Lipinski definition) is 0. The predicted octanol–water partition coefficient (Wildman–Crippen LogP) is 4.72. The van der Waals surface area contributed by atoms with E-state index in [1.165, 1.54) is 5.56 Å². The van der Waals surface area contributed by atoms with Gasteiger partial charge in [0.2, 0.25) is 5.88 Å². The number of hydrogen-bond acceptors (Lipinski definition) is 2. The van der Waals surface area contributed by atoms with Crippen molar-refractivity contribution in [1.29, 1.82) is 0 Å². The molecule has 0 saturated carbocycles. The highest BCUT2D eigenvalue weighted by molar-refractivity contribution is 9.08. The molecule has 1 heterocycles. The van der Waals surface area contributed by atoms with Gasteiger partial charge in [-0.15, -0.1) is 0 Å². The van der Waals surface area contributed by atoms with E-state index in [2.05, 4.69) is 40.0 Å². The zero-order valence-corrected chi connectivity index (χ0v) is 12.0. The van der Waals surface area contributed by atoms with Gasteiger partial charge in [0.1, 0.15) is 5.75 Å². The van der Waals surface area contributed by atoms with E-state index in [0.717, 1.165) is 29.5 Å². The quantitative estimate of drug-likeness (QED) is 0.746. The van der Waals surface area contributed by atoms with Crippen molar-refractivity contribution in [3.05, 3.63) is 53.7 Å². The number of rotatable bonds is 5. The van der Waals surface area contributed by atoms with Crippen molar-refractivity contribution in [1.82, 2.24) is 4.98 Å². The summed E-state index contributed by atoms with van der Waals surface area (Å²) in [4.78, 5) is 4.25. The lowest BCUT2D eigenvalue weighted by Crippen LogP contribution is -1.92. The Balaban J connectivity index is 2.13. The summed E-state index contributed by atoms with van der Waals surface area (Å²) in [6.07, 6.45) is 4.01. The van der Waals surface area contributed by atoms with Gasteiger partial charge < -0.3 is 4.74 Å². The van der Waals surface area contributed by atoms with Crippen LogP contribution in [0.1, 0.15) is 24.5 Å². The van der Waals surface area contributed by atoms with E-state index in [-0.39, 0.29) is 0 Å². The molecule has 0 atom stereocenters. The van der Waals surface area contributed by atoms with E-state index in [1.54, 1.807) is 6.20 Å². The Morgan fingerprint density at radius 3 is 2.61 bits per heavy atom. The molecule has 1 aromatic heterocycles. The van der Waals surface area contributed by atoms with Crippen molar-refractivity contribution in [3.8, 4) is 11.6 Å². The molecular weight excluding hydrogens is 290 g/mol. The SMILES string of the molecule is CCCc1ccc(Oc2ncccc2CBr)cc1. The fraction of sp³-hybridized carbons (Fsp3) is 0.267. The summed E-state index contributed by atoms with van der Waals surface area (Å²) in [6, 6.07) is 12.1. The Morgan fingerprint density at radius 2 is 1.94 bits per heavy atom. The third kappa shape index (κ3) is 3.33. The highest BCUT2D eigenvalue weighted by Crippen LogP contribution is 2.24. The van der Waals surface area contributed by atoms with Gasteiger partial charge in [0.05, 0.1) is 0 Å². The molecule has 0 fully saturated rings. The minimum absolute atomic E-state index is 0.664. The zero-order chi connectivity index (χ0) is 12.8. The van der Waals surface area contributed by atoms with Gasteiger partial charge in [-0.2, -0.15) is 0 Å². The molecule has 0 N–H and O–H groups in total. The van der Waals surface area contributed by atoms with E-state index >= 15 is 0 Å². The van der Waals surface area contributed by atoms with Crippen LogP contribution in [0.2, 0.25) is 0 Å². The van der Waals surface area contributed by atoms with Gasteiger partial charge in [-0.3, -0.25) is 0 Å². The Hall–Kier alpha value is -1.35. The summed E-state index contributed by atoms with van der Waals surface area (Å²) in [5.41, 5.74) is 2.39. The van der Waals surface area contributed by atoms with E-state index in [4.69, 9.17) is 4.74 Å². The van der Waals surface area contributed by atoms with Crippen molar-refractivity contribution >= 4 is 15.9 Å². The van der Waals surface area contributed by atoms with Crippen LogP contribution in [0.25, 0.3) is 0 Å². The van der Waals surface area contributed by atoms with Gasteiger partial charge in [-0.25, -0.2) is 4.98 Å². The van der Waals surface area contributed by atoms with Gasteiger partial charge >= 0.3 is 0 Å². The van der Waals surface area contributed by atoms with Crippen molar-refractivity contribution < 1.29 is 4.74 Å². The average Bonchev–Trinajstić information content (AvgIpc) is 2.42. The number of alkyl halides is 1. The molecule has 0 aliphatic carbocycles.